The number of rotatable bonds is 6. The number of amides is 1. The second kappa shape index (κ2) is 9.94. The first-order valence-corrected chi connectivity index (χ1v) is 13.0. The second-order valence-corrected chi connectivity index (χ2v) is 10.9. The van der Waals surface area contributed by atoms with Crippen LogP contribution in [0.4, 0.5) is 10.5 Å². The molecule has 3 aromatic rings. The lowest BCUT2D eigenvalue weighted by atomic mass is 10.1. The zero-order chi connectivity index (χ0) is 24.4. The van der Waals surface area contributed by atoms with Crippen LogP contribution in [0.5, 0.6) is 5.75 Å². The number of carbonyl (C=O) groups is 1. The lowest BCUT2D eigenvalue weighted by molar-refractivity contribution is 0.234. The molecule has 0 aliphatic carbocycles. The molecular weight excluding hydrogens is 436 g/mol. The van der Waals surface area contributed by atoms with Crippen molar-refractivity contribution in [1.82, 2.24) is 14.8 Å². The molecule has 6 heteroatoms. The van der Waals surface area contributed by atoms with Crippen LogP contribution in [0.15, 0.2) is 48.7 Å². The fourth-order valence-corrected chi connectivity index (χ4v) is 5.25. The summed E-state index contributed by atoms with van der Waals surface area (Å²) in [6, 6.07) is 14.8. The highest BCUT2D eigenvalue weighted by Gasteiger charge is 2.20. The fraction of sp³-hybridized carbons (Fsp3) is 0.483. The van der Waals surface area contributed by atoms with Crippen LogP contribution in [0.2, 0.25) is 0 Å². The molecule has 3 heterocycles. The van der Waals surface area contributed by atoms with E-state index in [0.29, 0.717) is 0 Å². The van der Waals surface area contributed by atoms with E-state index in [4.69, 9.17) is 4.74 Å². The number of aryl methyl sites for hydroxylation is 1. The number of anilines is 1. The van der Waals surface area contributed by atoms with Crippen LogP contribution in [0.25, 0.3) is 10.9 Å². The smallest absolute Gasteiger partial charge is 0.326 e. The number of ether oxygens (including phenoxy) is 1. The minimum Gasteiger partial charge on any atom is -0.493 e. The van der Waals surface area contributed by atoms with Crippen molar-refractivity contribution in [1.29, 1.82) is 0 Å². The van der Waals surface area contributed by atoms with E-state index in [0.717, 1.165) is 69.9 Å². The van der Waals surface area contributed by atoms with E-state index in [1.807, 2.05) is 39.1 Å². The molecule has 35 heavy (non-hydrogen) atoms. The van der Waals surface area contributed by atoms with Crippen molar-refractivity contribution >= 4 is 22.6 Å². The molecule has 2 aliphatic rings. The van der Waals surface area contributed by atoms with Gasteiger partial charge in [0.15, 0.2) is 0 Å². The third-order valence-electron chi connectivity index (χ3n) is 7.08. The Morgan fingerprint density at radius 2 is 1.83 bits per heavy atom. The molecule has 0 saturated carbocycles. The summed E-state index contributed by atoms with van der Waals surface area (Å²) in [6.07, 6.45) is 6.35. The topological polar surface area (TPSA) is 49.7 Å². The fourth-order valence-electron chi connectivity index (χ4n) is 5.25. The van der Waals surface area contributed by atoms with Gasteiger partial charge >= 0.3 is 6.03 Å². The Bertz CT molecular complexity index is 1190. The number of hydrogen-bond acceptors (Lipinski definition) is 4. The first kappa shape index (κ1) is 23.7. The quantitative estimate of drug-likeness (QED) is 0.507. The maximum atomic E-state index is 12.8. The average molecular weight is 475 g/mol. The van der Waals surface area contributed by atoms with Gasteiger partial charge in [-0.1, -0.05) is 18.2 Å². The van der Waals surface area contributed by atoms with Gasteiger partial charge in [-0.2, -0.15) is 0 Å². The van der Waals surface area contributed by atoms with E-state index < -0.39 is 0 Å². The van der Waals surface area contributed by atoms with Crippen molar-refractivity contribution in [2.45, 2.75) is 52.0 Å². The number of aromatic nitrogens is 1. The van der Waals surface area contributed by atoms with Gasteiger partial charge in [0, 0.05) is 55.4 Å². The molecule has 2 aliphatic heterocycles. The molecule has 0 bridgehead atoms. The number of para-hydroxylation sites is 1. The van der Waals surface area contributed by atoms with Crippen LogP contribution in [-0.4, -0.2) is 60.4 Å². The molecule has 1 fully saturated rings. The van der Waals surface area contributed by atoms with E-state index in [2.05, 4.69) is 45.4 Å². The monoisotopic (exact) mass is 474 g/mol. The zero-order valence-electron chi connectivity index (χ0n) is 21.3. The van der Waals surface area contributed by atoms with Gasteiger partial charge in [-0.3, -0.25) is 9.47 Å². The first-order valence-electron chi connectivity index (χ1n) is 13.0. The summed E-state index contributed by atoms with van der Waals surface area (Å²) in [5.41, 5.74) is 4.67. The van der Waals surface area contributed by atoms with Crippen LogP contribution in [-0.2, 0) is 12.8 Å². The lowest BCUT2D eigenvalue weighted by Gasteiger charge is -2.36. The Labute approximate surface area is 208 Å². The number of carbonyl (C=O) groups excluding carboxylic acids is 1. The number of fused-ring (bicyclic) bond motifs is 2. The molecule has 5 rings (SSSR count). The molecular formula is C29H38N4O2. The number of nitrogens with zero attached hydrogens (tertiary/aromatic N) is 3. The lowest BCUT2D eigenvalue weighted by Crippen LogP contribution is -2.46. The van der Waals surface area contributed by atoms with Gasteiger partial charge in [-0.15, -0.1) is 0 Å². The van der Waals surface area contributed by atoms with Crippen LogP contribution >= 0.6 is 0 Å². The summed E-state index contributed by atoms with van der Waals surface area (Å²) in [5.74, 6) is 1.06. The minimum atomic E-state index is -0.262. The van der Waals surface area contributed by atoms with E-state index in [1.165, 1.54) is 28.6 Å². The van der Waals surface area contributed by atoms with Crippen LogP contribution in [0.1, 0.15) is 44.7 Å². The Balaban J connectivity index is 1.12. The van der Waals surface area contributed by atoms with Crippen LogP contribution in [0, 0.1) is 0 Å². The SMILES string of the molecule is CC(C)(C)NC(=O)n1cc(CCCCN2CCN(c3ccc4c(c3)CCO4)CC2)c2ccccc21. The number of piperazine rings is 1. The minimum absolute atomic E-state index is 0.0614. The van der Waals surface area contributed by atoms with E-state index >= 15 is 0 Å². The second-order valence-electron chi connectivity index (χ2n) is 10.9. The summed E-state index contributed by atoms with van der Waals surface area (Å²) in [6.45, 7) is 12.4. The van der Waals surface area contributed by atoms with Crippen molar-refractivity contribution in [3.8, 4) is 5.75 Å². The number of benzene rings is 2. The van der Waals surface area contributed by atoms with E-state index in [-0.39, 0.29) is 11.6 Å². The molecule has 0 radical (unpaired) electrons. The molecule has 1 amide bonds. The van der Waals surface area contributed by atoms with E-state index in [9.17, 15) is 4.79 Å². The predicted octanol–water partition coefficient (Wildman–Crippen LogP) is 5.08. The standard InChI is InChI=1S/C29H38N4O2/c1-29(2,3)30-28(34)33-21-23(25-9-4-5-10-26(25)33)8-6-7-14-31-15-17-32(18-16-31)24-11-12-27-22(20-24)13-19-35-27/h4-5,9-12,20-21H,6-8,13-19H2,1-3H3,(H,30,34). The van der Waals surface area contributed by atoms with Crippen molar-refractivity contribution in [3.63, 3.8) is 0 Å². The van der Waals surface area contributed by atoms with Gasteiger partial charge in [0.2, 0.25) is 0 Å². The Kier molecular flexibility index (Phi) is 6.74. The molecule has 1 N–H and O–H groups in total. The molecule has 2 aromatic carbocycles. The first-order chi connectivity index (χ1) is 16.9. The van der Waals surface area contributed by atoms with Gasteiger partial charge in [-0.05, 0) is 82.0 Å². The van der Waals surface area contributed by atoms with Gasteiger partial charge in [0.05, 0.1) is 12.1 Å². The molecule has 0 spiro atoms. The third-order valence-corrected chi connectivity index (χ3v) is 7.08. The number of nitrogens with one attached hydrogen (secondary N) is 1. The highest BCUT2D eigenvalue weighted by atomic mass is 16.5. The maximum absolute atomic E-state index is 12.8. The Hall–Kier alpha value is -2.99. The Morgan fingerprint density at radius 3 is 2.63 bits per heavy atom. The van der Waals surface area contributed by atoms with Crippen LogP contribution < -0.4 is 15.0 Å². The third kappa shape index (κ3) is 5.48. The molecule has 0 atom stereocenters. The predicted molar refractivity (Wildman–Crippen MR) is 143 cm³/mol. The number of unbranched alkanes of at least 4 members (excludes halogenated alkanes) is 1. The zero-order valence-corrected chi connectivity index (χ0v) is 21.3. The average Bonchev–Trinajstić information content (AvgIpc) is 3.45. The molecule has 1 aromatic heterocycles. The van der Waals surface area contributed by atoms with E-state index in [1.54, 1.807) is 4.57 Å². The molecule has 186 valence electrons. The summed E-state index contributed by atoms with van der Waals surface area (Å²) < 4.78 is 7.43. The van der Waals surface area contributed by atoms with Crippen molar-refractivity contribution in [3.05, 3.63) is 59.8 Å². The van der Waals surface area contributed by atoms with Gasteiger partial charge in [0.1, 0.15) is 5.75 Å². The summed E-state index contributed by atoms with van der Waals surface area (Å²) in [4.78, 5) is 17.9. The van der Waals surface area contributed by atoms with Gasteiger partial charge in [0.25, 0.3) is 0 Å². The number of hydrogen-bond donors (Lipinski definition) is 1. The highest BCUT2D eigenvalue weighted by molar-refractivity contribution is 5.94. The van der Waals surface area contributed by atoms with Crippen LogP contribution in [0.3, 0.4) is 0 Å². The summed E-state index contributed by atoms with van der Waals surface area (Å²) in [7, 11) is 0. The summed E-state index contributed by atoms with van der Waals surface area (Å²) in [5, 5.41) is 4.27. The van der Waals surface area contributed by atoms with Crippen molar-refractivity contribution < 1.29 is 9.53 Å². The largest absolute Gasteiger partial charge is 0.493 e. The molecule has 0 unspecified atom stereocenters. The molecule has 1 saturated heterocycles. The normalized spacial score (nSPS) is 16.4. The Morgan fingerprint density at radius 1 is 1.03 bits per heavy atom. The summed E-state index contributed by atoms with van der Waals surface area (Å²) >= 11 is 0. The van der Waals surface area contributed by atoms with Gasteiger partial charge in [-0.25, -0.2) is 4.79 Å². The van der Waals surface area contributed by atoms with Crippen molar-refractivity contribution in [2.75, 3.05) is 44.2 Å². The molecule has 6 nitrogen and oxygen atoms in total. The highest BCUT2D eigenvalue weighted by Crippen LogP contribution is 2.30. The van der Waals surface area contributed by atoms with Gasteiger partial charge < -0.3 is 15.0 Å². The van der Waals surface area contributed by atoms with Crippen molar-refractivity contribution in [2.24, 2.45) is 0 Å². The maximum Gasteiger partial charge on any atom is 0.326 e.